The molecule has 9 nitrogen and oxygen atoms in total. The minimum atomic E-state index is -3.63. The number of rotatable bonds is 0. The Morgan fingerprint density at radius 3 is 0.500 bits per heavy atom. The molecule has 86 valence electrons. The van der Waals surface area contributed by atoms with Crippen LogP contribution in [0.1, 0.15) is 0 Å². The van der Waals surface area contributed by atoms with Gasteiger partial charge in [-0.3, -0.25) is 0 Å². The number of hydrogen-bond acceptors (Lipinski definition) is 9. The van der Waals surface area contributed by atoms with Crippen LogP contribution in [0.3, 0.4) is 0 Å². The van der Waals surface area contributed by atoms with Gasteiger partial charge in [0.1, 0.15) is 0 Å². The zero-order valence-electron chi connectivity index (χ0n) is 5.93. The van der Waals surface area contributed by atoms with E-state index in [0.29, 0.717) is 0 Å². The molecule has 0 spiro atoms. The third-order valence-corrected chi connectivity index (χ3v) is 0. The van der Waals surface area contributed by atoms with E-state index in [2.05, 4.69) is 0 Å². The molecule has 0 amide bonds. The first-order chi connectivity index (χ1) is 5.20. The van der Waals surface area contributed by atoms with Gasteiger partial charge in [-0.25, -0.2) is 0 Å². The van der Waals surface area contributed by atoms with E-state index in [1.807, 2.05) is 0 Å². The first-order valence-corrected chi connectivity index (χ1v) is 5.51. The van der Waals surface area contributed by atoms with E-state index in [-0.39, 0.29) is 40.8 Å². The fourth-order valence-electron chi connectivity index (χ4n) is 0. The molecule has 14 heteroatoms. The van der Waals surface area contributed by atoms with Gasteiger partial charge < -0.3 is 42.2 Å². The summed E-state index contributed by atoms with van der Waals surface area (Å²) in [5.41, 5.74) is 0. The molecule has 0 saturated heterocycles. The van der Waals surface area contributed by atoms with E-state index < -0.39 is 27.5 Å². The minimum Gasteiger partial charge on any atom is -0.672 e. The summed E-state index contributed by atoms with van der Waals surface area (Å²) in [4.78, 5) is 51.1. The van der Waals surface area contributed by atoms with Gasteiger partial charge in [0, 0.05) is 68.4 Å². The van der Waals surface area contributed by atoms with Gasteiger partial charge >= 0.3 is 0 Å². The van der Waals surface area contributed by atoms with Crippen LogP contribution in [0.5, 0.6) is 0 Å². The molecule has 0 saturated carbocycles. The van der Waals surface area contributed by atoms with Crippen molar-refractivity contribution in [3.05, 3.63) is 0 Å². The smallest absolute Gasteiger partial charge is 0.0172 e. The Labute approximate surface area is 110 Å². The zero-order valence-corrected chi connectivity index (χ0v) is 14.4. The summed E-state index contributed by atoms with van der Waals surface area (Å²) < 4.78 is 25.6. The molecule has 0 aliphatic heterocycles. The van der Waals surface area contributed by atoms with Crippen LogP contribution in [0.25, 0.3) is 0 Å². The molecule has 0 aromatic rings. The Bertz CT molecular complexity index is 116. The summed E-state index contributed by atoms with van der Waals surface area (Å²) in [6.07, 6.45) is 0. The molecule has 0 aliphatic rings. The van der Waals surface area contributed by atoms with E-state index >= 15 is 0 Å². The molecule has 0 heterocycles. The Morgan fingerprint density at radius 2 is 0.500 bits per heavy atom. The van der Waals surface area contributed by atoms with E-state index in [9.17, 15) is 0 Å². The van der Waals surface area contributed by atoms with E-state index in [0.717, 1.165) is 0 Å². The summed E-state index contributed by atoms with van der Waals surface area (Å²) >= 11 is 0. The molecule has 2 radical (unpaired) electrons. The predicted molar refractivity (Wildman–Crippen MR) is 19.3 cm³/mol. The van der Waals surface area contributed by atoms with Crippen LogP contribution in [-0.4, -0.2) is 27.5 Å². The molecule has 0 fully saturated rings. The Balaban J connectivity index is -0.0000000270. The quantitative estimate of drug-likeness (QED) is 0.243. The molecule has 0 rings (SSSR count). The van der Waals surface area contributed by atoms with Gasteiger partial charge in [0.2, 0.25) is 0 Å². The largest absolute Gasteiger partial charge is 0.672 e. The second kappa shape index (κ2) is 23.2. The molecule has 0 aliphatic carbocycles. The molecule has 14 heavy (non-hydrogen) atoms. The maximum Gasteiger partial charge on any atom is 0.0172 e. The van der Waals surface area contributed by atoms with Gasteiger partial charge in [0.05, 0.1) is 0 Å². The summed E-state index contributed by atoms with van der Waals surface area (Å²) in [6.45, 7) is 0. The van der Waals surface area contributed by atoms with Crippen molar-refractivity contribution in [2.75, 3.05) is 0 Å². The summed E-state index contributed by atoms with van der Waals surface area (Å²) in [7, 11) is -10.9. The Kier molecular flexibility index (Phi) is 48.4. The van der Waals surface area contributed by atoms with Crippen LogP contribution in [0.4, 0.5) is 0 Å². The number of hydrogen-bond donors (Lipinski definition) is 0. The van der Waals surface area contributed by atoms with Gasteiger partial charge in [0.15, 0.2) is 0 Å². The maximum atomic E-state index is 8.52. The third kappa shape index (κ3) is 49500. The van der Waals surface area contributed by atoms with Crippen molar-refractivity contribution < 1.29 is 83.0 Å². The summed E-state index contributed by atoms with van der Waals surface area (Å²) in [6, 6.07) is 0. The van der Waals surface area contributed by atoms with Crippen molar-refractivity contribution in [1.29, 1.82) is 0 Å². The topological polar surface area (TPSA) is 190 Å². The fourth-order valence-corrected chi connectivity index (χ4v) is 0. The average Bonchev–Trinajstić information content (AvgIpc) is 1.54. The first kappa shape index (κ1) is 29.2. The van der Waals surface area contributed by atoms with Gasteiger partial charge in [0.25, 0.3) is 0 Å². The van der Waals surface area contributed by atoms with Gasteiger partial charge in [-0.1, -0.05) is 0 Å². The van der Waals surface area contributed by atoms with Crippen LogP contribution >= 0.6 is 0 Å². The van der Waals surface area contributed by atoms with Gasteiger partial charge in [-0.2, -0.15) is 0 Å². The Morgan fingerprint density at radius 1 is 0.500 bits per heavy atom. The van der Waals surface area contributed by atoms with Gasteiger partial charge in [-0.15, -0.1) is 0 Å². The zero-order chi connectivity index (χ0) is 10.7. The summed E-state index contributed by atoms with van der Waals surface area (Å²) in [5, 5.41) is 0. The van der Waals surface area contributed by atoms with E-state index in [1.165, 1.54) is 0 Å². The first-order valence-electron chi connectivity index (χ1n) is 1.84. The molecule has 0 atom stereocenters. The van der Waals surface area contributed by atoms with Gasteiger partial charge in [-0.05, 0) is 0 Å². The molecule has 0 unspecified atom stereocenters. The fraction of sp³-hybridized carbons (Fsp3) is 0. The standard InChI is InChI=1S/3O3Si.2Re/c3*1-4(2)3;;/q3*-2;;. The van der Waals surface area contributed by atoms with Crippen LogP contribution < -0.4 is 28.8 Å². The van der Waals surface area contributed by atoms with Crippen molar-refractivity contribution in [2.24, 2.45) is 0 Å². The van der Waals surface area contributed by atoms with Crippen LogP contribution in [-0.2, 0) is 54.2 Å². The van der Waals surface area contributed by atoms with Crippen LogP contribution in [0.15, 0.2) is 0 Å². The van der Waals surface area contributed by atoms with Crippen molar-refractivity contribution >= 4 is 27.5 Å². The normalized spacial score (nSPS) is 5.14. The molecular formula is O9Re2Si3-6. The molecule has 0 aromatic heterocycles. The Hall–Kier alpha value is 0.175. The summed E-state index contributed by atoms with van der Waals surface area (Å²) in [5.74, 6) is 0. The third-order valence-electron chi connectivity index (χ3n) is 0. The van der Waals surface area contributed by atoms with Crippen molar-refractivity contribution in [3.8, 4) is 0 Å². The monoisotopic (exact) mass is 602 g/mol. The predicted octanol–water partition coefficient (Wildman–Crippen LogP) is -8.64. The second-order valence-electron chi connectivity index (χ2n) is 0.750. The second-order valence-corrected chi connectivity index (χ2v) is 2.25. The van der Waals surface area contributed by atoms with Crippen molar-refractivity contribution in [1.82, 2.24) is 0 Å². The molecule has 0 aromatic carbocycles. The van der Waals surface area contributed by atoms with E-state index in [4.69, 9.17) is 42.2 Å². The van der Waals surface area contributed by atoms with Crippen molar-refractivity contribution in [2.45, 2.75) is 0 Å². The average molecular weight is 601 g/mol. The minimum absolute atomic E-state index is 0. The molecule has 0 N–H and O–H groups in total. The maximum absolute atomic E-state index is 8.52. The van der Waals surface area contributed by atoms with Crippen LogP contribution in [0.2, 0.25) is 0 Å². The molecule has 0 bridgehead atoms. The van der Waals surface area contributed by atoms with E-state index in [1.54, 1.807) is 0 Å². The van der Waals surface area contributed by atoms with Crippen molar-refractivity contribution in [3.63, 3.8) is 0 Å². The van der Waals surface area contributed by atoms with Crippen LogP contribution in [0, 0.1) is 0 Å². The SMILES string of the molecule is O=[Si]([O-])[O-].O=[Si]([O-])[O-].O=[Si]([O-])[O-].[Re].[Re]. The molecular weight excluding hydrogens is 601 g/mol.